The predicted molar refractivity (Wildman–Crippen MR) is 111 cm³/mol. The van der Waals surface area contributed by atoms with Crippen molar-refractivity contribution in [3.8, 4) is 0 Å². The minimum Gasteiger partial charge on any atom is -0.370 e. The topological polar surface area (TPSA) is 35.0 Å². The second-order valence-corrected chi connectivity index (χ2v) is 10.4. The van der Waals surface area contributed by atoms with Gasteiger partial charge in [0.05, 0.1) is 12.2 Å². The third-order valence-corrected chi connectivity index (χ3v) is 7.66. The van der Waals surface area contributed by atoms with Crippen LogP contribution in [0.3, 0.4) is 0 Å². The maximum absolute atomic E-state index is 6.03. The number of hydrogen-bond donors (Lipinski definition) is 0. The van der Waals surface area contributed by atoms with Crippen LogP contribution in [0, 0.1) is 0 Å². The van der Waals surface area contributed by atoms with E-state index in [1.165, 1.54) is 36.1 Å². The van der Waals surface area contributed by atoms with E-state index in [9.17, 15) is 0 Å². The summed E-state index contributed by atoms with van der Waals surface area (Å²) in [7, 11) is 0. The van der Waals surface area contributed by atoms with Gasteiger partial charge in [-0.05, 0) is 38.2 Å². The average Bonchev–Trinajstić information content (AvgIpc) is 2.90. The molecule has 0 fully saturated rings. The molecule has 2 aromatic rings. The maximum Gasteiger partial charge on any atom is 0.143 e. The van der Waals surface area contributed by atoms with Crippen LogP contribution < -0.4 is 0 Å². The fourth-order valence-corrected chi connectivity index (χ4v) is 6.43. The SMILES string of the molecule is CCCCSc1nc2sc3c(c2nc1SCCCC)COC(C)(C)C3. The number of thioether (sulfide) groups is 2. The highest BCUT2D eigenvalue weighted by atomic mass is 32.2. The van der Waals surface area contributed by atoms with E-state index in [4.69, 9.17) is 14.7 Å². The van der Waals surface area contributed by atoms with Crippen molar-refractivity contribution in [1.29, 1.82) is 0 Å². The molecule has 6 heteroatoms. The Balaban J connectivity index is 1.94. The van der Waals surface area contributed by atoms with E-state index >= 15 is 0 Å². The van der Waals surface area contributed by atoms with Crippen LogP contribution in [0.2, 0.25) is 0 Å². The van der Waals surface area contributed by atoms with Crippen molar-refractivity contribution >= 4 is 45.2 Å². The van der Waals surface area contributed by atoms with Crippen molar-refractivity contribution in [1.82, 2.24) is 9.97 Å². The summed E-state index contributed by atoms with van der Waals surface area (Å²) in [6, 6.07) is 0. The molecule has 3 nitrogen and oxygen atoms in total. The highest BCUT2D eigenvalue weighted by Gasteiger charge is 2.30. The summed E-state index contributed by atoms with van der Waals surface area (Å²) < 4.78 is 6.03. The lowest BCUT2D eigenvalue weighted by Gasteiger charge is -2.29. The monoisotopic (exact) mass is 396 g/mol. The number of thiophene rings is 1. The Hall–Kier alpha value is -0.300. The molecule has 1 aliphatic heterocycles. The molecule has 0 radical (unpaired) electrons. The van der Waals surface area contributed by atoms with E-state index in [0.717, 1.165) is 38.3 Å². The van der Waals surface area contributed by atoms with Crippen molar-refractivity contribution in [3.05, 3.63) is 10.4 Å². The van der Waals surface area contributed by atoms with E-state index in [0.29, 0.717) is 6.61 Å². The third kappa shape index (κ3) is 4.71. The van der Waals surface area contributed by atoms with Crippen LogP contribution in [0.1, 0.15) is 63.8 Å². The summed E-state index contributed by atoms with van der Waals surface area (Å²) in [4.78, 5) is 12.6. The van der Waals surface area contributed by atoms with Crippen molar-refractivity contribution < 1.29 is 4.74 Å². The fraction of sp³-hybridized carbons (Fsp3) is 0.684. The second kappa shape index (κ2) is 8.59. The Bertz CT molecular complexity index is 727. The molecule has 0 atom stereocenters. The third-order valence-electron chi connectivity index (χ3n) is 4.31. The quantitative estimate of drug-likeness (QED) is 0.385. The van der Waals surface area contributed by atoms with Gasteiger partial charge in [-0.25, -0.2) is 9.97 Å². The molecule has 1 aliphatic rings. The van der Waals surface area contributed by atoms with E-state index in [2.05, 4.69) is 27.7 Å². The van der Waals surface area contributed by atoms with Crippen LogP contribution in [0.4, 0.5) is 0 Å². The van der Waals surface area contributed by atoms with Crippen LogP contribution >= 0.6 is 34.9 Å². The first kappa shape index (κ1) is 19.5. The summed E-state index contributed by atoms with van der Waals surface area (Å²) in [5.74, 6) is 2.24. The molecule has 0 bridgehead atoms. The van der Waals surface area contributed by atoms with Crippen molar-refractivity contribution in [3.63, 3.8) is 0 Å². The standard InChI is InChI=1S/C19H28N2OS3/c1-5-7-9-23-17-18(24-10-8-6-2)21-16-15(20-17)13-12-22-19(3,4)11-14(13)25-16/h5-12H2,1-4H3. The van der Waals surface area contributed by atoms with Crippen LogP contribution in [-0.4, -0.2) is 27.1 Å². The van der Waals surface area contributed by atoms with Gasteiger partial charge >= 0.3 is 0 Å². The van der Waals surface area contributed by atoms with Crippen LogP contribution in [-0.2, 0) is 17.8 Å². The summed E-state index contributed by atoms with van der Waals surface area (Å²) in [6.07, 6.45) is 5.86. The van der Waals surface area contributed by atoms with Gasteiger partial charge in [0.1, 0.15) is 20.4 Å². The number of rotatable bonds is 8. The minimum absolute atomic E-state index is 0.0781. The molecule has 0 aromatic carbocycles. The zero-order valence-electron chi connectivity index (χ0n) is 15.7. The van der Waals surface area contributed by atoms with Crippen molar-refractivity contribution in [2.75, 3.05) is 11.5 Å². The number of aromatic nitrogens is 2. The van der Waals surface area contributed by atoms with E-state index < -0.39 is 0 Å². The molecule has 3 rings (SSSR count). The number of fused-ring (bicyclic) bond motifs is 3. The van der Waals surface area contributed by atoms with Crippen LogP contribution in [0.25, 0.3) is 10.3 Å². The largest absolute Gasteiger partial charge is 0.370 e. The number of unbranched alkanes of at least 4 members (excludes halogenated alkanes) is 2. The Morgan fingerprint density at radius 3 is 2.32 bits per heavy atom. The van der Waals surface area contributed by atoms with Gasteiger partial charge in [-0.2, -0.15) is 0 Å². The molecule has 0 saturated carbocycles. The van der Waals surface area contributed by atoms with Gasteiger partial charge in [0, 0.05) is 16.9 Å². The molecule has 0 spiro atoms. The average molecular weight is 397 g/mol. The molecule has 0 aliphatic carbocycles. The first-order chi connectivity index (χ1) is 12.0. The molecule has 0 amide bonds. The maximum atomic E-state index is 6.03. The Kier molecular flexibility index (Phi) is 6.69. The number of hydrogen-bond acceptors (Lipinski definition) is 6. The first-order valence-corrected chi connectivity index (χ1v) is 12.0. The molecular weight excluding hydrogens is 368 g/mol. The zero-order chi connectivity index (χ0) is 17.9. The Morgan fingerprint density at radius 1 is 1.04 bits per heavy atom. The predicted octanol–water partition coefficient (Wildman–Crippen LogP) is 6.33. The molecule has 0 N–H and O–H groups in total. The minimum atomic E-state index is -0.0781. The lowest BCUT2D eigenvalue weighted by atomic mass is 9.98. The van der Waals surface area contributed by atoms with E-state index in [1.54, 1.807) is 0 Å². The van der Waals surface area contributed by atoms with E-state index in [1.807, 2.05) is 34.9 Å². The summed E-state index contributed by atoms with van der Waals surface area (Å²) >= 11 is 5.56. The number of ether oxygens (including phenoxy) is 1. The lowest BCUT2D eigenvalue weighted by Crippen LogP contribution is -2.30. The molecular formula is C19H28N2OS3. The van der Waals surface area contributed by atoms with Gasteiger partial charge in [-0.15, -0.1) is 34.9 Å². The van der Waals surface area contributed by atoms with E-state index in [-0.39, 0.29) is 5.60 Å². The van der Waals surface area contributed by atoms with Gasteiger partial charge in [0.15, 0.2) is 0 Å². The molecule has 138 valence electrons. The smallest absolute Gasteiger partial charge is 0.143 e. The molecule has 0 saturated heterocycles. The highest BCUT2D eigenvalue weighted by Crippen LogP contribution is 2.40. The summed E-state index contributed by atoms with van der Waals surface area (Å²) in [5, 5.41) is 2.24. The number of nitrogens with zero attached hydrogens (tertiary/aromatic N) is 2. The molecule has 0 unspecified atom stereocenters. The first-order valence-electron chi connectivity index (χ1n) is 9.26. The lowest BCUT2D eigenvalue weighted by molar-refractivity contribution is -0.0383. The Labute approximate surface area is 163 Å². The van der Waals surface area contributed by atoms with Gasteiger partial charge in [-0.1, -0.05) is 26.7 Å². The van der Waals surface area contributed by atoms with Crippen LogP contribution in [0.15, 0.2) is 10.1 Å². The summed E-state index contributed by atoms with van der Waals surface area (Å²) in [5.41, 5.74) is 2.27. The normalized spacial score (nSPS) is 16.3. The Morgan fingerprint density at radius 2 is 1.68 bits per heavy atom. The van der Waals surface area contributed by atoms with Crippen LogP contribution in [0.5, 0.6) is 0 Å². The molecule has 25 heavy (non-hydrogen) atoms. The van der Waals surface area contributed by atoms with Crippen molar-refractivity contribution in [2.45, 2.75) is 82.1 Å². The van der Waals surface area contributed by atoms with Gasteiger partial charge < -0.3 is 4.74 Å². The van der Waals surface area contributed by atoms with Gasteiger partial charge in [-0.3, -0.25) is 0 Å². The summed E-state index contributed by atoms with van der Waals surface area (Å²) in [6.45, 7) is 9.47. The van der Waals surface area contributed by atoms with Gasteiger partial charge in [0.25, 0.3) is 0 Å². The molecule has 2 aromatic heterocycles. The second-order valence-electron chi connectivity index (χ2n) is 7.12. The molecule has 3 heterocycles. The zero-order valence-corrected chi connectivity index (χ0v) is 18.1. The van der Waals surface area contributed by atoms with Gasteiger partial charge in [0.2, 0.25) is 0 Å². The highest BCUT2D eigenvalue weighted by molar-refractivity contribution is 8.02. The van der Waals surface area contributed by atoms with Crippen molar-refractivity contribution in [2.24, 2.45) is 0 Å². The fourth-order valence-electron chi connectivity index (χ4n) is 2.78.